The lowest BCUT2D eigenvalue weighted by Gasteiger charge is -2.26. The van der Waals surface area contributed by atoms with Crippen LogP contribution in [0.5, 0.6) is 0 Å². The van der Waals surface area contributed by atoms with Crippen molar-refractivity contribution in [2.45, 2.75) is 32.1 Å². The summed E-state index contributed by atoms with van der Waals surface area (Å²) < 4.78 is 0. The molecule has 1 aromatic carbocycles. The van der Waals surface area contributed by atoms with Gasteiger partial charge >= 0.3 is 0 Å². The Morgan fingerprint density at radius 2 is 1.74 bits per heavy atom. The van der Waals surface area contributed by atoms with E-state index in [1.807, 2.05) is 7.05 Å². The summed E-state index contributed by atoms with van der Waals surface area (Å²) in [5.74, 6) is 0.921. The number of guanidine groups is 1. The molecule has 0 atom stereocenters. The largest absolute Gasteiger partial charge is 0.356 e. The number of rotatable bonds is 7. The number of halogens is 1. The van der Waals surface area contributed by atoms with Crippen molar-refractivity contribution in [3.63, 3.8) is 0 Å². The van der Waals surface area contributed by atoms with Crippen LogP contribution in [0, 0.1) is 0 Å². The lowest BCUT2D eigenvalue weighted by molar-refractivity contribution is 0.232. The Morgan fingerprint density at radius 1 is 1.04 bits per heavy atom. The molecule has 0 aromatic heterocycles. The fraction of sp³-hybridized carbons (Fsp3) is 0.611. The number of nitrogens with one attached hydrogen (secondary N) is 2. The van der Waals surface area contributed by atoms with Gasteiger partial charge in [0.1, 0.15) is 0 Å². The fourth-order valence-corrected chi connectivity index (χ4v) is 2.88. The molecular weight excluding hydrogens is 399 g/mol. The van der Waals surface area contributed by atoms with E-state index in [4.69, 9.17) is 0 Å². The van der Waals surface area contributed by atoms with Gasteiger partial charge in [-0.1, -0.05) is 36.8 Å². The second-order valence-corrected chi connectivity index (χ2v) is 5.92. The molecule has 0 radical (unpaired) electrons. The fourth-order valence-electron chi connectivity index (χ4n) is 2.88. The first kappa shape index (κ1) is 20.2. The maximum Gasteiger partial charge on any atom is 0.191 e. The molecule has 1 heterocycles. The molecule has 1 saturated heterocycles. The normalized spacial score (nSPS) is 15.8. The Labute approximate surface area is 158 Å². The van der Waals surface area contributed by atoms with E-state index in [-0.39, 0.29) is 24.0 Å². The zero-order valence-corrected chi connectivity index (χ0v) is 16.6. The average Bonchev–Trinajstić information content (AvgIpc) is 2.59. The van der Waals surface area contributed by atoms with Crippen molar-refractivity contribution in [1.82, 2.24) is 15.5 Å². The second-order valence-electron chi connectivity index (χ2n) is 5.92. The Morgan fingerprint density at radius 3 is 2.43 bits per heavy atom. The molecule has 1 aliphatic heterocycles. The predicted molar refractivity (Wildman–Crippen MR) is 110 cm³/mol. The predicted octanol–water partition coefficient (Wildman–Crippen LogP) is 2.89. The number of piperidine rings is 1. The van der Waals surface area contributed by atoms with Crippen LogP contribution < -0.4 is 10.6 Å². The molecule has 0 saturated carbocycles. The molecule has 5 heteroatoms. The molecule has 1 aliphatic rings. The number of hydrogen-bond acceptors (Lipinski definition) is 2. The molecule has 0 bridgehead atoms. The lowest BCUT2D eigenvalue weighted by Crippen LogP contribution is -2.42. The van der Waals surface area contributed by atoms with E-state index < -0.39 is 0 Å². The zero-order valence-electron chi connectivity index (χ0n) is 14.3. The van der Waals surface area contributed by atoms with Crippen LogP contribution in [0.3, 0.4) is 0 Å². The SMILES string of the molecule is CN=C(NCCCc1ccccc1)NCCN1CCCCC1.I. The summed E-state index contributed by atoms with van der Waals surface area (Å²) in [5.41, 5.74) is 1.40. The average molecular weight is 430 g/mol. The highest BCUT2D eigenvalue weighted by Crippen LogP contribution is 2.07. The summed E-state index contributed by atoms with van der Waals surface area (Å²) in [6, 6.07) is 10.6. The van der Waals surface area contributed by atoms with Crippen molar-refractivity contribution in [2.24, 2.45) is 4.99 Å². The first-order chi connectivity index (χ1) is 10.9. The van der Waals surface area contributed by atoms with Gasteiger partial charge in [-0.2, -0.15) is 0 Å². The van der Waals surface area contributed by atoms with Crippen molar-refractivity contribution in [3.05, 3.63) is 35.9 Å². The summed E-state index contributed by atoms with van der Waals surface area (Å²) in [5, 5.41) is 6.81. The Balaban J connectivity index is 0.00000264. The number of aliphatic imine (C=N–C) groups is 1. The van der Waals surface area contributed by atoms with Crippen LogP contribution >= 0.6 is 24.0 Å². The van der Waals surface area contributed by atoms with Crippen LogP contribution in [0.4, 0.5) is 0 Å². The molecule has 2 N–H and O–H groups in total. The Bertz CT molecular complexity index is 430. The quantitative estimate of drug-likeness (QED) is 0.303. The van der Waals surface area contributed by atoms with Crippen molar-refractivity contribution >= 4 is 29.9 Å². The number of hydrogen-bond donors (Lipinski definition) is 2. The third-order valence-electron chi connectivity index (χ3n) is 4.17. The number of likely N-dealkylation sites (tertiary alicyclic amines) is 1. The molecule has 0 spiro atoms. The minimum absolute atomic E-state index is 0. The minimum atomic E-state index is 0. The van der Waals surface area contributed by atoms with Crippen LogP contribution in [0.15, 0.2) is 35.3 Å². The molecule has 2 rings (SSSR count). The third kappa shape index (κ3) is 8.55. The van der Waals surface area contributed by atoms with Gasteiger partial charge in [-0.25, -0.2) is 0 Å². The van der Waals surface area contributed by atoms with Gasteiger partial charge in [0.05, 0.1) is 0 Å². The summed E-state index contributed by atoms with van der Waals surface area (Å²) in [6.45, 7) is 5.55. The summed E-state index contributed by atoms with van der Waals surface area (Å²) in [6.07, 6.45) is 6.34. The van der Waals surface area contributed by atoms with E-state index in [0.29, 0.717) is 0 Å². The lowest BCUT2D eigenvalue weighted by atomic mass is 10.1. The molecule has 1 fully saturated rings. The van der Waals surface area contributed by atoms with E-state index in [0.717, 1.165) is 38.4 Å². The van der Waals surface area contributed by atoms with E-state index >= 15 is 0 Å². The van der Waals surface area contributed by atoms with Crippen molar-refractivity contribution < 1.29 is 0 Å². The van der Waals surface area contributed by atoms with Crippen molar-refractivity contribution in [1.29, 1.82) is 0 Å². The molecule has 0 unspecified atom stereocenters. The molecule has 23 heavy (non-hydrogen) atoms. The second kappa shape index (κ2) is 12.6. The van der Waals surface area contributed by atoms with Gasteiger partial charge in [0.15, 0.2) is 5.96 Å². The summed E-state index contributed by atoms with van der Waals surface area (Å²) in [7, 11) is 1.84. The van der Waals surface area contributed by atoms with Crippen LogP contribution in [-0.4, -0.2) is 50.6 Å². The standard InChI is InChI=1S/C18H30N4.HI/c1-19-18(21-13-16-22-14-6-3-7-15-22)20-12-8-11-17-9-4-2-5-10-17;/h2,4-5,9-10H,3,6-8,11-16H2,1H3,(H2,19,20,21);1H. The summed E-state index contributed by atoms with van der Waals surface area (Å²) in [4.78, 5) is 6.83. The van der Waals surface area contributed by atoms with Gasteiger partial charge < -0.3 is 15.5 Å². The van der Waals surface area contributed by atoms with Gasteiger partial charge in [0.25, 0.3) is 0 Å². The van der Waals surface area contributed by atoms with E-state index in [2.05, 4.69) is 50.9 Å². The molecule has 4 nitrogen and oxygen atoms in total. The van der Waals surface area contributed by atoms with E-state index in [1.165, 1.54) is 37.9 Å². The third-order valence-corrected chi connectivity index (χ3v) is 4.17. The van der Waals surface area contributed by atoms with Crippen LogP contribution in [0.25, 0.3) is 0 Å². The van der Waals surface area contributed by atoms with Crippen LogP contribution in [-0.2, 0) is 6.42 Å². The Hall–Kier alpha value is -0.820. The molecule has 130 valence electrons. The highest BCUT2D eigenvalue weighted by Gasteiger charge is 2.09. The number of benzene rings is 1. The first-order valence-corrected chi connectivity index (χ1v) is 8.59. The smallest absolute Gasteiger partial charge is 0.191 e. The maximum absolute atomic E-state index is 4.29. The maximum atomic E-state index is 4.29. The first-order valence-electron chi connectivity index (χ1n) is 8.59. The van der Waals surface area contributed by atoms with Gasteiger partial charge in [0, 0.05) is 26.7 Å². The van der Waals surface area contributed by atoms with Gasteiger partial charge in [-0.15, -0.1) is 24.0 Å². The van der Waals surface area contributed by atoms with Crippen molar-refractivity contribution in [3.8, 4) is 0 Å². The van der Waals surface area contributed by atoms with E-state index in [9.17, 15) is 0 Å². The molecular formula is C18H31IN4. The van der Waals surface area contributed by atoms with Crippen molar-refractivity contribution in [2.75, 3.05) is 39.8 Å². The minimum Gasteiger partial charge on any atom is -0.356 e. The van der Waals surface area contributed by atoms with Gasteiger partial charge in [-0.3, -0.25) is 4.99 Å². The number of aryl methyl sites for hydroxylation is 1. The van der Waals surface area contributed by atoms with Crippen LogP contribution in [0.2, 0.25) is 0 Å². The molecule has 0 aliphatic carbocycles. The van der Waals surface area contributed by atoms with Gasteiger partial charge in [-0.05, 0) is 44.3 Å². The molecule has 1 aromatic rings. The van der Waals surface area contributed by atoms with Crippen LogP contribution in [0.1, 0.15) is 31.2 Å². The monoisotopic (exact) mass is 430 g/mol. The zero-order chi connectivity index (χ0) is 15.5. The number of nitrogens with zero attached hydrogens (tertiary/aromatic N) is 2. The Kier molecular flexibility index (Phi) is 11.1. The molecule has 0 amide bonds. The highest BCUT2D eigenvalue weighted by atomic mass is 127. The highest BCUT2D eigenvalue weighted by molar-refractivity contribution is 14.0. The van der Waals surface area contributed by atoms with E-state index in [1.54, 1.807) is 0 Å². The summed E-state index contributed by atoms with van der Waals surface area (Å²) >= 11 is 0. The topological polar surface area (TPSA) is 39.7 Å². The van der Waals surface area contributed by atoms with Gasteiger partial charge in [0.2, 0.25) is 0 Å².